The summed E-state index contributed by atoms with van der Waals surface area (Å²) in [4.78, 5) is 4.41. The highest BCUT2D eigenvalue weighted by molar-refractivity contribution is 5.02. The molecule has 3 unspecified atom stereocenters. The van der Waals surface area contributed by atoms with Gasteiger partial charge in [-0.2, -0.15) is 0 Å². The van der Waals surface area contributed by atoms with Gasteiger partial charge in [0.2, 0.25) is 0 Å². The van der Waals surface area contributed by atoms with Crippen LogP contribution in [0.25, 0.3) is 0 Å². The van der Waals surface area contributed by atoms with Crippen LogP contribution in [0.5, 0.6) is 0 Å². The van der Waals surface area contributed by atoms with E-state index in [1.807, 2.05) is 26.5 Å². The van der Waals surface area contributed by atoms with Crippen molar-refractivity contribution in [2.75, 3.05) is 13.7 Å². The van der Waals surface area contributed by atoms with Gasteiger partial charge in [0, 0.05) is 32.0 Å². The van der Waals surface area contributed by atoms with E-state index in [1.54, 1.807) is 0 Å². The Kier molecular flexibility index (Phi) is 3.07. The molecule has 1 aliphatic heterocycles. The fraction of sp³-hybridized carbons (Fsp3) is 0.727. The average Bonchev–Trinajstić information content (AvgIpc) is 2.80. The first-order valence-corrected chi connectivity index (χ1v) is 5.50. The van der Waals surface area contributed by atoms with E-state index in [-0.39, 0.29) is 0 Å². The molecule has 1 aromatic heterocycles. The number of hydrogen-bond acceptors (Lipinski definition) is 3. The van der Waals surface area contributed by atoms with Crippen LogP contribution in [0.2, 0.25) is 0 Å². The average molecular weight is 209 g/mol. The number of imidazole rings is 1. The molecule has 0 radical (unpaired) electrons. The van der Waals surface area contributed by atoms with Gasteiger partial charge in [-0.1, -0.05) is 0 Å². The summed E-state index contributed by atoms with van der Waals surface area (Å²) in [7, 11) is 4.03. The normalized spacial score (nSPS) is 28.2. The minimum absolute atomic E-state index is 0.294. The highest BCUT2D eigenvalue weighted by atomic mass is 16.5. The third kappa shape index (κ3) is 1.92. The van der Waals surface area contributed by atoms with Gasteiger partial charge in [-0.25, -0.2) is 4.98 Å². The van der Waals surface area contributed by atoms with Gasteiger partial charge < -0.3 is 14.6 Å². The van der Waals surface area contributed by atoms with E-state index in [0.717, 1.165) is 18.9 Å². The van der Waals surface area contributed by atoms with E-state index in [0.29, 0.717) is 18.1 Å². The van der Waals surface area contributed by atoms with Crippen molar-refractivity contribution in [2.45, 2.75) is 25.5 Å². The third-order valence-electron chi connectivity index (χ3n) is 3.31. The monoisotopic (exact) mass is 209 g/mol. The number of ether oxygens (including phenoxy) is 1. The summed E-state index contributed by atoms with van der Waals surface area (Å²) in [5, 5.41) is 3.35. The van der Waals surface area contributed by atoms with Crippen LogP contribution in [0.15, 0.2) is 12.4 Å². The van der Waals surface area contributed by atoms with Crippen LogP contribution in [-0.4, -0.2) is 29.3 Å². The van der Waals surface area contributed by atoms with Crippen LogP contribution >= 0.6 is 0 Å². The maximum Gasteiger partial charge on any atom is 0.125 e. The van der Waals surface area contributed by atoms with Crippen molar-refractivity contribution in [1.82, 2.24) is 14.9 Å². The first-order valence-electron chi connectivity index (χ1n) is 5.50. The lowest BCUT2D eigenvalue weighted by molar-refractivity contribution is 0.0950. The zero-order valence-electron chi connectivity index (χ0n) is 9.60. The molecule has 0 spiro atoms. The summed E-state index contributed by atoms with van der Waals surface area (Å²) in [6.07, 6.45) is 5.26. The lowest BCUT2D eigenvalue weighted by Gasteiger charge is -2.24. The summed E-state index contributed by atoms with van der Waals surface area (Å²) in [5.74, 6) is 1.62. The molecule has 2 heterocycles. The van der Waals surface area contributed by atoms with Crippen molar-refractivity contribution in [2.24, 2.45) is 13.0 Å². The molecule has 2 rings (SSSR count). The highest BCUT2D eigenvalue weighted by Crippen LogP contribution is 2.31. The summed E-state index contributed by atoms with van der Waals surface area (Å²) >= 11 is 0. The molecule has 3 atom stereocenters. The first kappa shape index (κ1) is 10.6. The van der Waals surface area contributed by atoms with Crippen molar-refractivity contribution in [1.29, 1.82) is 0 Å². The Morgan fingerprint density at radius 2 is 2.47 bits per heavy atom. The van der Waals surface area contributed by atoms with Gasteiger partial charge in [-0.15, -0.1) is 0 Å². The molecule has 1 saturated heterocycles. The number of nitrogens with one attached hydrogen (secondary N) is 1. The molecule has 0 amide bonds. The number of aryl methyl sites for hydroxylation is 1. The lowest BCUT2D eigenvalue weighted by Crippen LogP contribution is -2.31. The molecular formula is C11H19N3O. The van der Waals surface area contributed by atoms with Gasteiger partial charge in [-0.3, -0.25) is 0 Å². The molecule has 0 aromatic carbocycles. The molecule has 1 aliphatic rings. The second-order valence-electron chi connectivity index (χ2n) is 4.19. The van der Waals surface area contributed by atoms with Crippen LogP contribution in [0.3, 0.4) is 0 Å². The number of rotatable bonds is 3. The molecule has 0 bridgehead atoms. The maximum absolute atomic E-state index is 5.61. The Labute approximate surface area is 90.6 Å². The Morgan fingerprint density at radius 1 is 1.67 bits per heavy atom. The SMILES string of the molecule is CNC(c1nccn1C)C1CCOC1C. The Bertz CT molecular complexity index is 323. The van der Waals surface area contributed by atoms with Crippen LogP contribution in [-0.2, 0) is 11.8 Å². The minimum atomic E-state index is 0.294. The Balaban J connectivity index is 2.20. The zero-order valence-corrected chi connectivity index (χ0v) is 9.60. The Hall–Kier alpha value is -0.870. The van der Waals surface area contributed by atoms with E-state index in [9.17, 15) is 0 Å². The summed E-state index contributed by atoms with van der Waals surface area (Å²) in [6, 6.07) is 0.294. The standard InChI is InChI=1S/C11H19N3O/c1-8-9(4-7-15-8)10(12-2)11-13-5-6-14(11)3/h5-6,8-10,12H,4,7H2,1-3H3. The summed E-state index contributed by atoms with van der Waals surface area (Å²) in [6.45, 7) is 3.01. The fourth-order valence-corrected chi connectivity index (χ4v) is 2.40. The van der Waals surface area contributed by atoms with Gasteiger partial charge in [-0.05, 0) is 20.4 Å². The minimum Gasteiger partial charge on any atom is -0.378 e. The Morgan fingerprint density at radius 3 is 2.93 bits per heavy atom. The predicted octanol–water partition coefficient (Wildman–Crippen LogP) is 1.11. The number of nitrogens with zero attached hydrogens (tertiary/aromatic N) is 2. The molecule has 1 fully saturated rings. The largest absolute Gasteiger partial charge is 0.378 e. The molecule has 1 aromatic rings. The number of aromatic nitrogens is 2. The topological polar surface area (TPSA) is 39.1 Å². The van der Waals surface area contributed by atoms with E-state index in [2.05, 4.69) is 21.8 Å². The van der Waals surface area contributed by atoms with E-state index in [1.165, 1.54) is 0 Å². The first-order chi connectivity index (χ1) is 7.24. The zero-order chi connectivity index (χ0) is 10.8. The molecule has 1 N–H and O–H groups in total. The summed E-state index contributed by atoms with van der Waals surface area (Å²) in [5.41, 5.74) is 0. The molecule has 0 aliphatic carbocycles. The second kappa shape index (κ2) is 4.33. The quantitative estimate of drug-likeness (QED) is 0.810. The van der Waals surface area contributed by atoms with Gasteiger partial charge in [0.25, 0.3) is 0 Å². The van der Waals surface area contributed by atoms with Gasteiger partial charge in [0.05, 0.1) is 12.1 Å². The van der Waals surface area contributed by atoms with Gasteiger partial charge in [0.15, 0.2) is 0 Å². The molecule has 84 valence electrons. The molecule has 15 heavy (non-hydrogen) atoms. The maximum atomic E-state index is 5.61. The van der Waals surface area contributed by atoms with Crippen molar-refractivity contribution >= 4 is 0 Å². The van der Waals surface area contributed by atoms with Crippen molar-refractivity contribution in [3.63, 3.8) is 0 Å². The van der Waals surface area contributed by atoms with Crippen LogP contribution in [0, 0.1) is 5.92 Å². The molecular weight excluding hydrogens is 190 g/mol. The number of hydrogen-bond donors (Lipinski definition) is 1. The molecule has 4 nitrogen and oxygen atoms in total. The van der Waals surface area contributed by atoms with Crippen molar-refractivity contribution in [3.8, 4) is 0 Å². The fourth-order valence-electron chi connectivity index (χ4n) is 2.40. The summed E-state index contributed by atoms with van der Waals surface area (Å²) < 4.78 is 7.68. The van der Waals surface area contributed by atoms with Crippen molar-refractivity contribution in [3.05, 3.63) is 18.2 Å². The third-order valence-corrected chi connectivity index (χ3v) is 3.31. The van der Waals surface area contributed by atoms with Crippen LogP contribution in [0.1, 0.15) is 25.2 Å². The smallest absolute Gasteiger partial charge is 0.125 e. The van der Waals surface area contributed by atoms with Gasteiger partial charge >= 0.3 is 0 Å². The molecule has 4 heteroatoms. The van der Waals surface area contributed by atoms with Crippen LogP contribution < -0.4 is 5.32 Å². The highest BCUT2D eigenvalue weighted by Gasteiger charge is 2.33. The molecule has 0 saturated carbocycles. The van der Waals surface area contributed by atoms with Crippen molar-refractivity contribution < 1.29 is 4.74 Å². The lowest BCUT2D eigenvalue weighted by atomic mass is 9.93. The van der Waals surface area contributed by atoms with E-state index >= 15 is 0 Å². The van der Waals surface area contributed by atoms with Crippen LogP contribution in [0.4, 0.5) is 0 Å². The van der Waals surface area contributed by atoms with Gasteiger partial charge in [0.1, 0.15) is 5.82 Å². The van der Waals surface area contributed by atoms with E-state index < -0.39 is 0 Å². The second-order valence-corrected chi connectivity index (χ2v) is 4.19. The van der Waals surface area contributed by atoms with E-state index in [4.69, 9.17) is 4.74 Å². The predicted molar refractivity (Wildman–Crippen MR) is 58.5 cm³/mol.